The van der Waals surface area contributed by atoms with Gasteiger partial charge in [-0.05, 0) is 59.8 Å². The molecule has 1 atom stereocenters. The molecule has 1 amide bonds. The summed E-state index contributed by atoms with van der Waals surface area (Å²) in [6.45, 7) is 8.59. The number of piperazine rings is 1. The number of ether oxygens (including phenoxy) is 1. The Morgan fingerprint density at radius 3 is 2.54 bits per heavy atom. The van der Waals surface area contributed by atoms with Crippen molar-refractivity contribution in [1.82, 2.24) is 19.5 Å². The molecular weight excluding hydrogens is 561 g/mol. The Morgan fingerprint density at radius 2 is 1.98 bits per heavy atom. The summed E-state index contributed by atoms with van der Waals surface area (Å²) in [6.07, 6.45) is -0.805. The molecule has 1 aromatic heterocycles. The van der Waals surface area contributed by atoms with Gasteiger partial charge in [0.2, 0.25) is 5.91 Å². The van der Waals surface area contributed by atoms with Crippen molar-refractivity contribution in [2.45, 2.75) is 43.6 Å². The summed E-state index contributed by atoms with van der Waals surface area (Å²) >= 11 is 1.21. The average molecular weight is 593 g/mol. The van der Waals surface area contributed by atoms with Gasteiger partial charge in [-0.25, -0.2) is 14.1 Å². The molecule has 220 valence electrons. The lowest BCUT2D eigenvalue weighted by molar-refractivity contribution is -0.274. The van der Waals surface area contributed by atoms with Crippen molar-refractivity contribution in [3.05, 3.63) is 78.5 Å². The molecule has 0 aliphatic carbocycles. The summed E-state index contributed by atoms with van der Waals surface area (Å²) in [5.74, 6) is -1.48. The molecule has 2 heterocycles. The SMILES string of the molecule is C=CC(=N/C=C(\N)N1CCN(Sc2ccc(OC(F)(F)F)cc2)[C@@H](C(=O)NCc2ccc(C(C)C)nc2)C1)C(=O)O. The summed E-state index contributed by atoms with van der Waals surface area (Å²) in [4.78, 5) is 35.2. The summed E-state index contributed by atoms with van der Waals surface area (Å²) in [5, 5.41) is 12.1. The molecule has 10 nitrogen and oxygen atoms in total. The molecule has 1 aliphatic rings. The van der Waals surface area contributed by atoms with Gasteiger partial charge in [-0.15, -0.1) is 13.2 Å². The molecule has 0 spiro atoms. The summed E-state index contributed by atoms with van der Waals surface area (Å²) < 4.78 is 43.3. The number of halogens is 3. The number of hydrogen-bond donors (Lipinski definition) is 3. The molecule has 2 aromatic rings. The Balaban J connectivity index is 1.77. The molecule has 0 saturated carbocycles. The largest absolute Gasteiger partial charge is 0.573 e. The summed E-state index contributed by atoms with van der Waals surface area (Å²) in [7, 11) is 0. The van der Waals surface area contributed by atoms with Crippen LogP contribution in [0.3, 0.4) is 0 Å². The van der Waals surface area contributed by atoms with E-state index in [1.165, 1.54) is 42.4 Å². The van der Waals surface area contributed by atoms with E-state index >= 15 is 0 Å². The molecular formula is C27H31F3N6O4S. The molecule has 41 heavy (non-hydrogen) atoms. The van der Waals surface area contributed by atoms with Crippen molar-refractivity contribution >= 4 is 29.5 Å². The second-order valence-corrected chi connectivity index (χ2v) is 10.4. The first-order chi connectivity index (χ1) is 19.4. The number of hydrogen-bond acceptors (Lipinski definition) is 9. The number of nitrogens with zero attached hydrogens (tertiary/aromatic N) is 4. The van der Waals surface area contributed by atoms with Crippen LogP contribution in [0, 0.1) is 0 Å². The first kappa shape index (κ1) is 31.5. The van der Waals surface area contributed by atoms with Crippen molar-refractivity contribution in [3.8, 4) is 5.75 Å². The molecule has 14 heteroatoms. The third kappa shape index (κ3) is 9.53. The van der Waals surface area contributed by atoms with Crippen molar-refractivity contribution in [1.29, 1.82) is 0 Å². The second kappa shape index (κ2) is 14.0. The number of carboxylic acid groups (broad SMARTS) is 1. The Hall–Kier alpha value is -4.04. The van der Waals surface area contributed by atoms with Gasteiger partial charge in [0.05, 0.1) is 6.20 Å². The lowest BCUT2D eigenvalue weighted by Crippen LogP contribution is -2.56. The van der Waals surface area contributed by atoms with Crippen LogP contribution in [0.1, 0.15) is 31.0 Å². The molecule has 3 rings (SSSR count). The predicted octanol–water partition coefficient (Wildman–Crippen LogP) is 3.88. The van der Waals surface area contributed by atoms with Gasteiger partial charge in [0.15, 0.2) is 0 Å². The van der Waals surface area contributed by atoms with Gasteiger partial charge in [-0.2, -0.15) is 0 Å². The third-order valence-electron chi connectivity index (χ3n) is 5.93. The molecule has 4 N–H and O–H groups in total. The number of benzene rings is 1. The highest BCUT2D eigenvalue weighted by atomic mass is 32.2. The lowest BCUT2D eigenvalue weighted by atomic mass is 10.1. The zero-order valence-electron chi connectivity index (χ0n) is 22.5. The van der Waals surface area contributed by atoms with E-state index < -0.39 is 18.4 Å². The molecule has 1 fully saturated rings. The number of nitrogens with two attached hydrogens (primary N) is 1. The van der Waals surface area contributed by atoms with E-state index in [0.29, 0.717) is 18.0 Å². The maximum atomic E-state index is 13.4. The first-order valence-corrected chi connectivity index (χ1v) is 13.3. The minimum absolute atomic E-state index is 0.146. The standard InChI is InChI=1S/C27H31F3N6O4S/c1-4-21(26(38)39)33-15-24(31)35-11-12-36(41-20-8-6-19(7-9-20)40-27(28,29)30)23(16-35)25(37)34-14-18-5-10-22(17(2)3)32-13-18/h4-10,13,15,17,23H,1,11-12,14,16,31H2,2-3H3,(H,34,37)(H,38,39)/b24-15+,33-21?/t23-/m1/s1. The van der Waals surface area contributed by atoms with E-state index in [9.17, 15) is 22.8 Å². The van der Waals surface area contributed by atoms with E-state index in [1.54, 1.807) is 11.1 Å². The van der Waals surface area contributed by atoms with Gasteiger partial charge < -0.3 is 25.8 Å². The number of carboxylic acids is 1. The number of carbonyl (C=O) groups excluding carboxylic acids is 1. The second-order valence-electron chi connectivity index (χ2n) is 9.25. The van der Waals surface area contributed by atoms with Gasteiger partial charge in [0.25, 0.3) is 0 Å². The van der Waals surface area contributed by atoms with E-state index in [2.05, 4.69) is 26.6 Å². The van der Waals surface area contributed by atoms with Crippen molar-refractivity contribution in [2.75, 3.05) is 19.6 Å². The number of alkyl halides is 3. The van der Waals surface area contributed by atoms with Crippen LogP contribution in [0.25, 0.3) is 0 Å². The zero-order chi connectivity index (χ0) is 30.2. The average Bonchev–Trinajstić information content (AvgIpc) is 2.92. The third-order valence-corrected chi connectivity index (χ3v) is 7.09. The minimum atomic E-state index is -4.80. The Kier molecular flexibility index (Phi) is 10.8. The smallest absolute Gasteiger partial charge is 0.477 e. The van der Waals surface area contributed by atoms with E-state index in [1.807, 2.05) is 30.3 Å². The van der Waals surface area contributed by atoms with Crippen LogP contribution in [0.4, 0.5) is 13.2 Å². The molecule has 1 aromatic carbocycles. The Bertz CT molecular complexity index is 1280. The number of aliphatic carboxylic acids is 1. The number of nitrogens with one attached hydrogen (secondary N) is 1. The van der Waals surface area contributed by atoms with Gasteiger partial charge in [-0.3, -0.25) is 9.78 Å². The number of aromatic nitrogens is 1. The van der Waals surface area contributed by atoms with Crippen LogP contribution >= 0.6 is 11.9 Å². The monoisotopic (exact) mass is 592 g/mol. The van der Waals surface area contributed by atoms with Gasteiger partial charge >= 0.3 is 12.3 Å². The maximum Gasteiger partial charge on any atom is 0.573 e. The molecule has 0 bridgehead atoms. The van der Waals surface area contributed by atoms with Crippen molar-refractivity contribution < 1.29 is 32.6 Å². The van der Waals surface area contributed by atoms with Crippen LogP contribution in [0.15, 0.2) is 77.2 Å². The van der Waals surface area contributed by atoms with Crippen molar-refractivity contribution in [2.24, 2.45) is 10.7 Å². The Labute approximate surface area is 239 Å². The van der Waals surface area contributed by atoms with Crippen molar-refractivity contribution in [3.63, 3.8) is 0 Å². The number of rotatable bonds is 11. The van der Waals surface area contributed by atoms with Gasteiger partial charge in [0.1, 0.15) is 23.3 Å². The van der Waals surface area contributed by atoms with Crippen LogP contribution in [-0.2, 0) is 16.1 Å². The highest BCUT2D eigenvalue weighted by Gasteiger charge is 2.34. The zero-order valence-corrected chi connectivity index (χ0v) is 23.3. The highest BCUT2D eigenvalue weighted by Crippen LogP contribution is 2.31. The van der Waals surface area contributed by atoms with Gasteiger partial charge in [0, 0.05) is 43.0 Å². The molecule has 1 saturated heterocycles. The molecule has 0 unspecified atom stereocenters. The van der Waals surface area contributed by atoms with Crippen LogP contribution in [-0.4, -0.2) is 68.9 Å². The Morgan fingerprint density at radius 1 is 1.27 bits per heavy atom. The number of amides is 1. The van der Waals surface area contributed by atoms with E-state index in [-0.39, 0.29) is 42.2 Å². The maximum absolute atomic E-state index is 13.4. The highest BCUT2D eigenvalue weighted by molar-refractivity contribution is 7.97. The molecule has 1 aliphatic heterocycles. The van der Waals surface area contributed by atoms with Crippen LogP contribution in [0.5, 0.6) is 5.75 Å². The van der Waals surface area contributed by atoms with Crippen LogP contribution in [0.2, 0.25) is 0 Å². The number of carbonyl (C=O) groups is 2. The van der Waals surface area contributed by atoms with E-state index in [0.717, 1.165) is 17.3 Å². The fourth-order valence-electron chi connectivity index (χ4n) is 3.76. The predicted molar refractivity (Wildman–Crippen MR) is 149 cm³/mol. The van der Waals surface area contributed by atoms with E-state index in [4.69, 9.17) is 10.8 Å². The first-order valence-electron chi connectivity index (χ1n) is 12.5. The number of pyridine rings is 1. The lowest BCUT2D eigenvalue weighted by Gasteiger charge is -2.40. The fraction of sp³-hybridized carbons (Fsp3) is 0.333. The van der Waals surface area contributed by atoms with Crippen LogP contribution < -0.4 is 15.8 Å². The summed E-state index contributed by atoms with van der Waals surface area (Å²) in [5.41, 5.74) is 7.63. The number of aliphatic imine (C=N–C) groups is 1. The normalized spacial score (nSPS) is 16.9. The fourth-order valence-corrected chi connectivity index (χ4v) is 4.75. The topological polar surface area (TPSA) is 133 Å². The summed E-state index contributed by atoms with van der Waals surface area (Å²) in [6, 6.07) is 8.42. The minimum Gasteiger partial charge on any atom is -0.477 e. The quantitative estimate of drug-likeness (QED) is 0.263. The molecule has 0 radical (unpaired) electrons. The van der Waals surface area contributed by atoms with Gasteiger partial charge in [-0.1, -0.05) is 26.5 Å².